The minimum Gasteiger partial charge on any atom is -0.358 e. The van der Waals surface area contributed by atoms with Gasteiger partial charge in [-0.2, -0.15) is 0 Å². The van der Waals surface area contributed by atoms with Crippen molar-refractivity contribution >= 4 is 46.6 Å². The van der Waals surface area contributed by atoms with Crippen molar-refractivity contribution in [2.45, 2.75) is 39.2 Å². The number of nitrogens with zero attached hydrogens (tertiary/aromatic N) is 2. The van der Waals surface area contributed by atoms with Crippen molar-refractivity contribution < 1.29 is 4.79 Å². The molecule has 0 spiro atoms. The molecule has 0 aliphatic heterocycles. The fraction of sp³-hybridized carbons (Fsp3) is 0.421. The molecule has 3 atom stereocenters. The van der Waals surface area contributed by atoms with Crippen LogP contribution in [0, 0.1) is 11.8 Å². The van der Waals surface area contributed by atoms with E-state index < -0.39 is 0 Å². The van der Waals surface area contributed by atoms with Gasteiger partial charge in [0, 0.05) is 18.3 Å². The van der Waals surface area contributed by atoms with Crippen LogP contribution in [-0.4, -0.2) is 26.4 Å². The molecule has 2 aromatic heterocycles. The molecule has 144 valence electrons. The van der Waals surface area contributed by atoms with Crippen LogP contribution in [0.4, 0.5) is 0 Å². The van der Waals surface area contributed by atoms with E-state index >= 15 is 0 Å². The van der Waals surface area contributed by atoms with Crippen LogP contribution in [0.3, 0.4) is 0 Å². The molecule has 2 aromatic rings. The van der Waals surface area contributed by atoms with Crippen LogP contribution in [0.2, 0.25) is 5.15 Å². The van der Waals surface area contributed by atoms with E-state index in [0.29, 0.717) is 33.8 Å². The number of carbonyl (C=O) groups is 1. The molecule has 0 aromatic carbocycles. The second-order valence-corrected chi connectivity index (χ2v) is 7.78. The number of hydrogen-bond donors (Lipinski definition) is 3. The summed E-state index contributed by atoms with van der Waals surface area (Å²) in [7, 11) is 0. The van der Waals surface area contributed by atoms with E-state index in [4.69, 9.17) is 23.8 Å². The lowest BCUT2D eigenvalue weighted by molar-refractivity contribution is -0.116. The Hall–Kier alpha value is -2.12. The standard InChI is InChI=1S/C19H24ClN5OS/c1-12-6-5-7-14(13(12)2)21-19(27)24-23-17(26)10-9-15-18(20)22-16-8-3-4-11-25(15)16/h3-4,8-14H,5-7H2,1-2H3,(H,23,26)(H2,21,24,27)/b10-9+/t12-,13-,14+/m1/s1. The summed E-state index contributed by atoms with van der Waals surface area (Å²) in [4.78, 5) is 16.3. The number of hydrazine groups is 1. The SMILES string of the molecule is C[C@@H]1[C@H](C)CCC[C@@H]1NC(=S)NNC(=O)/C=C/c1c(Cl)nc2ccccn12. The fourth-order valence-electron chi connectivity index (χ4n) is 3.44. The van der Waals surface area contributed by atoms with Crippen molar-refractivity contribution in [1.82, 2.24) is 25.6 Å². The van der Waals surface area contributed by atoms with Gasteiger partial charge >= 0.3 is 0 Å². The lowest BCUT2D eigenvalue weighted by Crippen LogP contribution is -2.52. The van der Waals surface area contributed by atoms with Gasteiger partial charge in [0.25, 0.3) is 5.91 Å². The van der Waals surface area contributed by atoms with Crippen LogP contribution in [0.15, 0.2) is 30.5 Å². The predicted octanol–water partition coefficient (Wildman–Crippen LogP) is 3.32. The maximum atomic E-state index is 12.1. The third-order valence-electron chi connectivity index (χ3n) is 5.24. The number of pyridine rings is 1. The van der Waals surface area contributed by atoms with Crippen molar-refractivity contribution in [3.63, 3.8) is 0 Å². The molecule has 1 saturated carbocycles. The number of nitrogens with one attached hydrogen (secondary N) is 3. The summed E-state index contributed by atoms with van der Waals surface area (Å²) in [5, 5.41) is 4.07. The predicted molar refractivity (Wildman–Crippen MR) is 112 cm³/mol. The number of amides is 1. The fourth-order valence-corrected chi connectivity index (χ4v) is 3.88. The first-order chi connectivity index (χ1) is 13.0. The molecule has 1 aliphatic rings. The molecule has 1 amide bonds. The van der Waals surface area contributed by atoms with Gasteiger partial charge in [-0.05, 0) is 48.7 Å². The van der Waals surface area contributed by atoms with Gasteiger partial charge in [-0.1, -0.05) is 44.4 Å². The summed E-state index contributed by atoms with van der Waals surface area (Å²) in [5.74, 6) is 0.893. The van der Waals surface area contributed by atoms with Crippen molar-refractivity contribution in [3.05, 3.63) is 41.3 Å². The Kier molecular flexibility index (Phi) is 6.34. The lowest BCUT2D eigenvalue weighted by atomic mass is 9.78. The quantitative estimate of drug-likeness (QED) is 0.415. The van der Waals surface area contributed by atoms with Crippen LogP contribution in [-0.2, 0) is 4.79 Å². The van der Waals surface area contributed by atoms with E-state index in [9.17, 15) is 4.79 Å². The van der Waals surface area contributed by atoms with Crippen molar-refractivity contribution in [2.24, 2.45) is 11.8 Å². The van der Waals surface area contributed by atoms with Crippen LogP contribution in [0.1, 0.15) is 38.8 Å². The molecule has 8 heteroatoms. The Morgan fingerprint density at radius 1 is 1.33 bits per heavy atom. The van der Waals surface area contributed by atoms with E-state index in [1.807, 2.05) is 28.8 Å². The van der Waals surface area contributed by atoms with Gasteiger partial charge in [-0.25, -0.2) is 4.98 Å². The zero-order chi connectivity index (χ0) is 19.4. The van der Waals surface area contributed by atoms with E-state index in [0.717, 1.165) is 12.1 Å². The number of imidazole rings is 1. The Labute approximate surface area is 169 Å². The molecular weight excluding hydrogens is 382 g/mol. The minimum absolute atomic E-state index is 0.328. The summed E-state index contributed by atoms with van der Waals surface area (Å²) in [6.07, 6.45) is 8.40. The van der Waals surface area contributed by atoms with Crippen LogP contribution < -0.4 is 16.2 Å². The summed E-state index contributed by atoms with van der Waals surface area (Å²) in [5.41, 5.74) is 6.71. The molecule has 0 unspecified atom stereocenters. The highest BCUT2D eigenvalue weighted by atomic mass is 35.5. The van der Waals surface area contributed by atoms with Gasteiger partial charge in [-0.15, -0.1) is 0 Å². The summed E-state index contributed by atoms with van der Waals surface area (Å²) < 4.78 is 1.82. The summed E-state index contributed by atoms with van der Waals surface area (Å²) >= 11 is 11.4. The Morgan fingerprint density at radius 2 is 2.15 bits per heavy atom. The van der Waals surface area contributed by atoms with E-state index in [1.165, 1.54) is 18.9 Å². The number of rotatable bonds is 3. The Bertz CT molecular complexity index is 865. The normalized spacial score (nSPS) is 22.7. The average Bonchev–Trinajstić information content (AvgIpc) is 2.97. The number of aromatic nitrogens is 2. The first-order valence-electron chi connectivity index (χ1n) is 9.13. The minimum atomic E-state index is -0.328. The average molecular weight is 406 g/mol. The smallest absolute Gasteiger partial charge is 0.262 e. The van der Waals surface area contributed by atoms with Gasteiger partial charge in [0.15, 0.2) is 10.3 Å². The second-order valence-electron chi connectivity index (χ2n) is 7.01. The molecular formula is C19H24ClN5OS. The number of halogens is 1. The van der Waals surface area contributed by atoms with Gasteiger partial charge in [0.2, 0.25) is 0 Å². The Morgan fingerprint density at radius 3 is 2.96 bits per heavy atom. The molecule has 3 N–H and O–H groups in total. The molecule has 1 aliphatic carbocycles. The van der Waals surface area contributed by atoms with Crippen LogP contribution in [0.5, 0.6) is 0 Å². The van der Waals surface area contributed by atoms with Gasteiger partial charge in [0.05, 0.1) is 5.69 Å². The second kappa shape index (κ2) is 8.71. The van der Waals surface area contributed by atoms with E-state index in [1.54, 1.807) is 6.08 Å². The van der Waals surface area contributed by atoms with Crippen molar-refractivity contribution in [3.8, 4) is 0 Å². The van der Waals surface area contributed by atoms with Crippen LogP contribution >= 0.6 is 23.8 Å². The van der Waals surface area contributed by atoms with Crippen molar-refractivity contribution in [1.29, 1.82) is 0 Å². The van der Waals surface area contributed by atoms with Crippen LogP contribution in [0.25, 0.3) is 11.7 Å². The third kappa shape index (κ3) is 4.78. The zero-order valence-corrected chi connectivity index (χ0v) is 17.0. The first kappa shape index (κ1) is 19.6. The number of fused-ring (bicyclic) bond motifs is 1. The molecule has 6 nitrogen and oxygen atoms in total. The molecule has 2 heterocycles. The summed E-state index contributed by atoms with van der Waals surface area (Å²) in [6.45, 7) is 4.51. The van der Waals surface area contributed by atoms with E-state index in [2.05, 4.69) is 35.0 Å². The highest BCUT2D eigenvalue weighted by Gasteiger charge is 2.27. The molecule has 0 bridgehead atoms. The van der Waals surface area contributed by atoms with Crippen molar-refractivity contribution in [2.75, 3.05) is 0 Å². The maximum Gasteiger partial charge on any atom is 0.262 e. The molecule has 27 heavy (non-hydrogen) atoms. The molecule has 0 saturated heterocycles. The van der Waals surface area contributed by atoms with E-state index in [-0.39, 0.29) is 5.91 Å². The highest BCUT2D eigenvalue weighted by molar-refractivity contribution is 7.80. The van der Waals surface area contributed by atoms with Gasteiger partial charge < -0.3 is 5.32 Å². The topological polar surface area (TPSA) is 70.5 Å². The number of carbonyl (C=O) groups excluding carboxylic acids is 1. The molecule has 3 rings (SSSR count). The third-order valence-corrected chi connectivity index (χ3v) is 5.74. The lowest BCUT2D eigenvalue weighted by Gasteiger charge is -2.35. The monoisotopic (exact) mass is 405 g/mol. The first-order valence-corrected chi connectivity index (χ1v) is 9.91. The maximum absolute atomic E-state index is 12.1. The van der Waals surface area contributed by atoms with Gasteiger partial charge in [0.1, 0.15) is 5.65 Å². The summed E-state index contributed by atoms with van der Waals surface area (Å²) in [6, 6.07) is 5.94. The number of hydrogen-bond acceptors (Lipinski definition) is 3. The molecule has 0 radical (unpaired) electrons. The molecule has 1 fully saturated rings. The highest BCUT2D eigenvalue weighted by Crippen LogP contribution is 2.29. The Balaban J connectivity index is 1.52. The number of thiocarbonyl (C=S) groups is 1. The largest absolute Gasteiger partial charge is 0.358 e. The zero-order valence-electron chi connectivity index (χ0n) is 15.4. The van der Waals surface area contributed by atoms with Gasteiger partial charge in [-0.3, -0.25) is 20.0 Å².